The van der Waals surface area contributed by atoms with Crippen molar-refractivity contribution in [3.63, 3.8) is 0 Å². The van der Waals surface area contributed by atoms with Gasteiger partial charge in [-0.2, -0.15) is 0 Å². The molecule has 0 aromatic rings. The Kier molecular flexibility index (Phi) is 4.60. The normalized spacial score (nSPS) is 13.2. The summed E-state index contributed by atoms with van der Waals surface area (Å²) >= 11 is 0. The third-order valence-corrected chi connectivity index (χ3v) is 1.83. The van der Waals surface area contributed by atoms with Gasteiger partial charge in [-0.05, 0) is 12.3 Å². The minimum Gasteiger partial charge on any atom is -0.468 e. The van der Waals surface area contributed by atoms with Gasteiger partial charge in [-0.3, -0.25) is 9.59 Å². The average Bonchev–Trinajstić information content (AvgIpc) is 2.02. The molecule has 1 atom stereocenters. The Morgan fingerprint density at radius 3 is 2.00 bits per heavy atom. The molecule has 0 fully saturated rings. The molecule has 0 heterocycles. The summed E-state index contributed by atoms with van der Waals surface area (Å²) in [5.41, 5.74) is -0.487. The Labute approximate surface area is 84.6 Å². The standard InChI is InChI=1S/C10H18O4/c1-6-14-9(12)7(8(11)13-5)10(2,3)4/h7H,6H2,1-5H3. The molecule has 0 saturated heterocycles. The average molecular weight is 202 g/mol. The first kappa shape index (κ1) is 12.9. The van der Waals surface area contributed by atoms with E-state index in [1.165, 1.54) is 7.11 Å². The van der Waals surface area contributed by atoms with Gasteiger partial charge in [0, 0.05) is 0 Å². The fourth-order valence-corrected chi connectivity index (χ4v) is 1.15. The lowest BCUT2D eigenvalue weighted by atomic mass is 9.81. The van der Waals surface area contributed by atoms with Gasteiger partial charge in [0.25, 0.3) is 0 Å². The molecule has 1 unspecified atom stereocenters. The summed E-state index contributed by atoms with van der Waals surface area (Å²) < 4.78 is 9.38. The highest BCUT2D eigenvalue weighted by Crippen LogP contribution is 2.28. The molecule has 0 aliphatic heterocycles. The van der Waals surface area contributed by atoms with Crippen LogP contribution in [0.4, 0.5) is 0 Å². The van der Waals surface area contributed by atoms with Gasteiger partial charge in [-0.1, -0.05) is 20.8 Å². The molecule has 0 saturated carbocycles. The van der Waals surface area contributed by atoms with Crippen molar-refractivity contribution in [2.75, 3.05) is 13.7 Å². The van der Waals surface area contributed by atoms with Gasteiger partial charge >= 0.3 is 11.9 Å². The maximum Gasteiger partial charge on any atom is 0.320 e. The van der Waals surface area contributed by atoms with E-state index in [-0.39, 0.29) is 6.61 Å². The molecular weight excluding hydrogens is 184 g/mol. The van der Waals surface area contributed by atoms with Gasteiger partial charge < -0.3 is 9.47 Å². The molecule has 0 aliphatic rings. The topological polar surface area (TPSA) is 52.6 Å². The van der Waals surface area contributed by atoms with Crippen LogP contribution in [0.25, 0.3) is 0 Å². The molecule has 0 rings (SSSR count). The van der Waals surface area contributed by atoms with Crippen LogP contribution in [0.1, 0.15) is 27.7 Å². The fourth-order valence-electron chi connectivity index (χ4n) is 1.15. The van der Waals surface area contributed by atoms with E-state index >= 15 is 0 Å². The summed E-state index contributed by atoms with van der Waals surface area (Å²) in [5.74, 6) is -1.92. The molecule has 0 N–H and O–H groups in total. The van der Waals surface area contributed by atoms with E-state index in [1.54, 1.807) is 27.7 Å². The van der Waals surface area contributed by atoms with Gasteiger partial charge in [0.05, 0.1) is 13.7 Å². The maximum absolute atomic E-state index is 11.5. The van der Waals surface area contributed by atoms with Gasteiger partial charge in [0.1, 0.15) is 0 Å². The van der Waals surface area contributed by atoms with Crippen molar-refractivity contribution in [2.24, 2.45) is 11.3 Å². The van der Waals surface area contributed by atoms with E-state index in [1.807, 2.05) is 0 Å². The molecule has 0 amide bonds. The van der Waals surface area contributed by atoms with Crippen molar-refractivity contribution in [1.82, 2.24) is 0 Å². The largest absolute Gasteiger partial charge is 0.468 e. The van der Waals surface area contributed by atoms with E-state index in [4.69, 9.17) is 4.74 Å². The van der Waals surface area contributed by atoms with Crippen molar-refractivity contribution in [1.29, 1.82) is 0 Å². The predicted molar refractivity (Wildman–Crippen MR) is 51.6 cm³/mol. The number of esters is 2. The van der Waals surface area contributed by atoms with Crippen LogP contribution < -0.4 is 0 Å². The number of hydrogen-bond donors (Lipinski definition) is 0. The van der Waals surface area contributed by atoms with Crippen molar-refractivity contribution in [3.8, 4) is 0 Å². The van der Waals surface area contributed by atoms with Gasteiger partial charge in [-0.25, -0.2) is 0 Å². The first-order valence-electron chi connectivity index (χ1n) is 4.59. The Morgan fingerprint density at radius 2 is 1.71 bits per heavy atom. The molecule has 0 aromatic heterocycles. The first-order chi connectivity index (χ1) is 6.34. The lowest BCUT2D eigenvalue weighted by molar-refractivity contribution is -0.165. The number of methoxy groups -OCH3 is 1. The van der Waals surface area contributed by atoms with Crippen LogP contribution in [0, 0.1) is 11.3 Å². The Hall–Kier alpha value is -1.06. The van der Waals surface area contributed by atoms with Gasteiger partial charge in [0.2, 0.25) is 0 Å². The highest BCUT2D eigenvalue weighted by Gasteiger charge is 2.39. The van der Waals surface area contributed by atoms with E-state index in [0.29, 0.717) is 0 Å². The Morgan fingerprint density at radius 1 is 1.21 bits per heavy atom. The number of ether oxygens (including phenoxy) is 2. The molecule has 82 valence electrons. The van der Waals surface area contributed by atoms with E-state index in [2.05, 4.69) is 4.74 Å². The van der Waals surface area contributed by atoms with Crippen LogP contribution in [0.15, 0.2) is 0 Å². The first-order valence-corrected chi connectivity index (χ1v) is 4.59. The molecule has 14 heavy (non-hydrogen) atoms. The lowest BCUT2D eigenvalue weighted by Crippen LogP contribution is -2.37. The molecule has 4 nitrogen and oxygen atoms in total. The Bertz CT molecular complexity index is 215. The molecule has 0 aromatic carbocycles. The monoisotopic (exact) mass is 202 g/mol. The molecule has 0 aliphatic carbocycles. The van der Waals surface area contributed by atoms with Crippen molar-refractivity contribution in [2.45, 2.75) is 27.7 Å². The zero-order valence-electron chi connectivity index (χ0n) is 9.42. The minimum absolute atomic E-state index is 0.266. The number of hydrogen-bond acceptors (Lipinski definition) is 4. The number of carbonyl (C=O) groups is 2. The quantitative estimate of drug-likeness (QED) is 0.512. The minimum atomic E-state index is -0.854. The number of carbonyl (C=O) groups excluding carboxylic acids is 2. The summed E-state index contributed by atoms with van der Waals surface area (Å²) in [6, 6.07) is 0. The van der Waals surface area contributed by atoms with Crippen molar-refractivity contribution in [3.05, 3.63) is 0 Å². The highest BCUT2D eigenvalue weighted by molar-refractivity contribution is 5.95. The van der Waals surface area contributed by atoms with E-state index in [0.717, 1.165) is 0 Å². The van der Waals surface area contributed by atoms with Crippen LogP contribution in [0.5, 0.6) is 0 Å². The maximum atomic E-state index is 11.5. The van der Waals surface area contributed by atoms with Crippen LogP contribution in [-0.2, 0) is 19.1 Å². The second-order valence-corrected chi connectivity index (χ2v) is 4.07. The summed E-state index contributed by atoms with van der Waals surface area (Å²) in [7, 11) is 1.26. The van der Waals surface area contributed by atoms with Crippen LogP contribution in [0.2, 0.25) is 0 Å². The second-order valence-electron chi connectivity index (χ2n) is 4.07. The Balaban J connectivity index is 4.73. The van der Waals surface area contributed by atoms with Crippen LogP contribution in [-0.4, -0.2) is 25.7 Å². The summed E-state index contributed by atoms with van der Waals surface area (Å²) in [4.78, 5) is 22.8. The summed E-state index contributed by atoms with van der Waals surface area (Å²) in [5, 5.41) is 0. The molecule has 0 radical (unpaired) electrons. The lowest BCUT2D eigenvalue weighted by Gasteiger charge is -2.26. The summed E-state index contributed by atoms with van der Waals surface area (Å²) in [6.07, 6.45) is 0. The molecular formula is C10H18O4. The third-order valence-electron chi connectivity index (χ3n) is 1.83. The van der Waals surface area contributed by atoms with Crippen LogP contribution >= 0.6 is 0 Å². The number of rotatable bonds is 3. The summed E-state index contributed by atoms with van der Waals surface area (Å²) in [6.45, 7) is 7.36. The van der Waals surface area contributed by atoms with Crippen molar-refractivity contribution >= 4 is 11.9 Å². The van der Waals surface area contributed by atoms with Gasteiger partial charge in [-0.15, -0.1) is 0 Å². The van der Waals surface area contributed by atoms with E-state index in [9.17, 15) is 9.59 Å². The molecule has 0 spiro atoms. The SMILES string of the molecule is CCOC(=O)C(C(=O)OC)C(C)(C)C. The highest BCUT2D eigenvalue weighted by atomic mass is 16.5. The van der Waals surface area contributed by atoms with Gasteiger partial charge in [0.15, 0.2) is 5.92 Å². The second kappa shape index (κ2) is 4.98. The molecule has 0 bridgehead atoms. The third kappa shape index (κ3) is 3.36. The zero-order valence-corrected chi connectivity index (χ0v) is 9.42. The van der Waals surface area contributed by atoms with Crippen molar-refractivity contribution < 1.29 is 19.1 Å². The van der Waals surface area contributed by atoms with Crippen LogP contribution in [0.3, 0.4) is 0 Å². The zero-order chi connectivity index (χ0) is 11.4. The smallest absolute Gasteiger partial charge is 0.320 e. The van der Waals surface area contributed by atoms with E-state index < -0.39 is 23.3 Å². The fraction of sp³-hybridized carbons (Fsp3) is 0.800. The predicted octanol–water partition coefficient (Wildman–Crippen LogP) is 1.38. The molecule has 4 heteroatoms.